The first-order valence-electron chi connectivity index (χ1n) is 11.5. The summed E-state index contributed by atoms with van der Waals surface area (Å²) in [6, 6.07) is 37.6. The van der Waals surface area contributed by atoms with Crippen molar-refractivity contribution in [3.8, 4) is 0 Å². The summed E-state index contributed by atoms with van der Waals surface area (Å²) in [7, 11) is 0. The Balaban J connectivity index is 0.000000129. The van der Waals surface area contributed by atoms with Crippen LogP contribution in [0.3, 0.4) is 0 Å². The van der Waals surface area contributed by atoms with Crippen molar-refractivity contribution in [1.29, 1.82) is 0 Å². The van der Waals surface area contributed by atoms with Gasteiger partial charge in [0.05, 0.1) is 13.2 Å². The van der Waals surface area contributed by atoms with E-state index in [9.17, 15) is 10.2 Å². The van der Waals surface area contributed by atoms with E-state index in [2.05, 4.69) is 78.9 Å². The van der Waals surface area contributed by atoms with E-state index in [4.69, 9.17) is 0 Å². The minimum atomic E-state index is 0.0852. The zero-order valence-electron chi connectivity index (χ0n) is 18.7. The van der Waals surface area contributed by atoms with Crippen LogP contribution in [0.2, 0.25) is 0 Å². The van der Waals surface area contributed by atoms with Crippen LogP contribution in [0.4, 0.5) is 0 Å². The molecule has 0 heterocycles. The zero-order valence-corrected chi connectivity index (χ0v) is 18.7. The second kappa shape index (κ2) is 8.42. The second-order valence-electron chi connectivity index (χ2n) is 8.69. The molecular weight excluding hydrogens is 416 g/mol. The summed E-state index contributed by atoms with van der Waals surface area (Å²) < 4.78 is 0. The molecule has 2 heteroatoms. The minimum absolute atomic E-state index is 0.0852. The quantitative estimate of drug-likeness (QED) is 0.215. The molecular formula is C32H24O2. The van der Waals surface area contributed by atoms with Crippen LogP contribution in [0.15, 0.2) is 109 Å². The fraction of sp³-hybridized carbons (Fsp3) is 0.0625. The largest absolute Gasteiger partial charge is 0.392 e. The molecule has 0 aliphatic carbocycles. The van der Waals surface area contributed by atoms with Crippen molar-refractivity contribution >= 4 is 53.9 Å². The maximum atomic E-state index is 9.53. The Kier molecular flexibility index (Phi) is 5.10. The fourth-order valence-electron chi connectivity index (χ4n) is 5.21. The Bertz CT molecular complexity index is 1710. The van der Waals surface area contributed by atoms with Crippen LogP contribution in [-0.4, -0.2) is 10.2 Å². The van der Waals surface area contributed by atoms with Crippen molar-refractivity contribution < 1.29 is 10.2 Å². The molecule has 0 spiro atoms. The third kappa shape index (κ3) is 3.28. The van der Waals surface area contributed by atoms with E-state index in [1.165, 1.54) is 43.1 Å². The normalized spacial score (nSPS) is 11.5. The first-order chi connectivity index (χ1) is 16.8. The Hall–Kier alpha value is -3.98. The molecule has 164 valence electrons. The molecule has 0 atom stereocenters. The Labute approximate surface area is 197 Å². The molecule has 0 aromatic heterocycles. The molecule has 34 heavy (non-hydrogen) atoms. The number of hydrogen-bond acceptors (Lipinski definition) is 2. The first-order valence-corrected chi connectivity index (χ1v) is 11.5. The van der Waals surface area contributed by atoms with Gasteiger partial charge in [-0.2, -0.15) is 0 Å². The molecule has 2 nitrogen and oxygen atoms in total. The molecule has 2 N–H and O–H groups in total. The first kappa shape index (κ1) is 20.6. The lowest BCUT2D eigenvalue weighted by molar-refractivity contribution is 0.283. The SMILES string of the molecule is OCc1c2ccccc2cc2ccccc12.OCc1ccc2ccc3cccc4ccc1c2c34. The average Bonchev–Trinajstić information content (AvgIpc) is 2.90. The Morgan fingerprint density at radius 1 is 0.412 bits per heavy atom. The molecule has 0 amide bonds. The molecule has 7 aromatic carbocycles. The summed E-state index contributed by atoms with van der Waals surface area (Å²) in [6.07, 6.45) is 0. The van der Waals surface area contributed by atoms with Crippen LogP contribution in [-0.2, 0) is 13.2 Å². The second-order valence-corrected chi connectivity index (χ2v) is 8.69. The molecule has 0 fully saturated rings. The van der Waals surface area contributed by atoms with Crippen LogP contribution in [0.1, 0.15) is 11.1 Å². The summed E-state index contributed by atoms with van der Waals surface area (Å²) in [5, 5.41) is 31.2. The number of rotatable bonds is 2. The van der Waals surface area contributed by atoms with E-state index in [1.54, 1.807) is 0 Å². The van der Waals surface area contributed by atoms with Crippen molar-refractivity contribution in [2.24, 2.45) is 0 Å². The van der Waals surface area contributed by atoms with Crippen LogP contribution in [0.5, 0.6) is 0 Å². The highest BCUT2D eigenvalue weighted by Gasteiger charge is 2.09. The smallest absolute Gasteiger partial charge is 0.0693 e. The third-order valence-electron chi connectivity index (χ3n) is 6.83. The maximum Gasteiger partial charge on any atom is 0.0693 e. The molecule has 7 rings (SSSR count). The number of aliphatic hydroxyl groups excluding tert-OH is 2. The molecule has 0 radical (unpaired) electrons. The average molecular weight is 441 g/mol. The lowest BCUT2D eigenvalue weighted by Gasteiger charge is -2.12. The van der Waals surface area contributed by atoms with Gasteiger partial charge in [0.2, 0.25) is 0 Å². The monoisotopic (exact) mass is 440 g/mol. The topological polar surface area (TPSA) is 40.5 Å². The van der Waals surface area contributed by atoms with Crippen LogP contribution < -0.4 is 0 Å². The number of benzene rings is 7. The van der Waals surface area contributed by atoms with E-state index in [1.807, 2.05) is 30.3 Å². The van der Waals surface area contributed by atoms with E-state index in [0.717, 1.165) is 21.9 Å². The van der Waals surface area contributed by atoms with Gasteiger partial charge >= 0.3 is 0 Å². The van der Waals surface area contributed by atoms with Crippen molar-refractivity contribution in [2.75, 3.05) is 0 Å². The predicted molar refractivity (Wildman–Crippen MR) is 143 cm³/mol. The minimum Gasteiger partial charge on any atom is -0.392 e. The number of aliphatic hydroxyl groups is 2. The van der Waals surface area contributed by atoms with E-state index in [-0.39, 0.29) is 13.2 Å². The lowest BCUT2D eigenvalue weighted by Crippen LogP contribution is -1.89. The maximum absolute atomic E-state index is 9.53. The van der Waals surface area contributed by atoms with Gasteiger partial charge < -0.3 is 10.2 Å². The van der Waals surface area contributed by atoms with E-state index in [0.29, 0.717) is 0 Å². The molecule has 0 aliphatic heterocycles. The summed E-state index contributed by atoms with van der Waals surface area (Å²) in [4.78, 5) is 0. The molecule has 0 bridgehead atoms. The van der Waals surface area contributed by atoms with Gasteiger partial charge in [0.25, 0.3) is 0 Å². The highest BCUT2D eigenvalue weighted by Crippen LogP contribution is 2.35. The molecule has 0 saturated heterocycles. The van der Waals surface area contributed by atoms with E-state index >= 15 is 0 Å². The highest BCUT2D eigenvalue weighted by molar-refractivity contribution is 6.23. The predicted octanol–water partition coefficient (Wildman–Crippen LogP) is 7.56. The van der Waals surface area contributed by atoms with Gasteiger partial charge in [0.15, 0.2) is 0 Å². The van der Waals surface area contributed by atoms with Crippen LogP contribution >= 0.6 is 0 Å². The zero-order chi connectivity index (χ0) is 23.1. The summed E-state index contributed by atoms with van der Waals surface area (Å²) >= 11 is 0. The molecule has 0 saturated carbocycles. The third-order valence-corrected chi connectivity index (χ3v) is 6.83. The molecule has 0 unspecified atom stereocenters. The van der Waals surface area contributed by atoms with Crippen molar-refractivity contribution in [3.63, 3.8) is 0 Å². The fourth-order valence-corrected chi connectivity index (χ4v) is 5.21. The Morgan fingerprint density at radius 2 is 0.941 bits per heavy atom. The van der Waals surface area contributed by atoms with Gasteiger partial charge in [0, 0.05) is 0 Å². The van der Waals surface area contributed by atoms with Crippen molar-refractivity contribution in [1.82, 2.24) is 0 Å². The highest BCUT2D eigenvalue weighted by atomic mass is 16.3. The number of fused-ring (bicyclic) bond motifs is 2. The van der Waals surface area contributed by atoms with Gasteiger partial charge in [-0.1, -0.05) is 103 Å². The standard InChI is InChI=1S/C17H12O.C15H12O/c18-10-14-7-6-13-5-4-11-2-1-3-12-8-9-15(14)17(13)16(11)12;16-10-15-13-7-3-1-5-11(13)9-12-6-2-4-8-14(12)15/h1-9,18H,10H2;1-9,16H,10H2. The summed E-state index contributed by atoms with van der Waals surface area (Å²) in [5.41, 5.74) is 2.02. The number of hydrogen-bond donors (Lipinski definition) is 2. The Morgan fingerprint density at radius 3 is 1.56 bits per heavy atom. The van der Waals surface area contributed by atoms with E-state index < -0.39 is 0 Å². The lowest BCUT2D eigenvalue weighted by atomic mass is 9.92. The van der Waals surface area contributed by atoms with Crippen LogP contribution in [0, 0.1) is 0 Å². The van der Waals surface area contributed by atoms with Gasteiger partial charge in [0.1, 0.15) is 0 Å². The van der Waals surface area contributed by atoms with Gasteiger partial charge in [-0.25, -0.2) is 0 Å². The molecule has 0 aliphatic rings. The molecule has 7 aromatic rings. The van der Waals surface area contributed by atoms with Crippen molar-refractivity contribution in [3.05, 3.63) is 120 Å². The van der Waals surface area contributed by atoms with Gasteiger partial charge in [-0.15, -0.1) is 0 Å². The summed E-state index contributed by atoms with van der Waals surface area (Å²) in [6.45, 7) is 0.177. The van der Waals surface area contributed by atoms with Crippen molar-refractivity contribution in [2.45, 2.75) is 13.2 Å². The van der Waals surface area contributed by atoms with Gasteiger partial charge in [-0.05, 0) is 71.1 Å². The van der Waals surface area contributed by atoms with Gasteiger partial charge in [-0.3, -0.25) is 0 Å². The van der Waals surface area contributed by atoms with Crippen LogP contribution in [0.25, 0.3) is 53.9 Å². The summed E-state index contributed by atoms with van der Waals surface area (Å²) in [5.74, 6) is 0.